The molecule has 0 fully saturated rings. The molecule has 102 valence electrons. The van der Waals surface area contributed by atoms with E-state index in [2.05, 4.69) is 0 Å². The molecule has 0 aliphatic carbocycles. The summed E-state index contributed by atoms with van der Waals surface area (Å²) in [7, 11) is -2.88. The summed E-state index contributed by atoms with van der Waals surface area (Å²) in [5.74, 6) is 1.08. The zero-order valence-corrected chi connectivity index (χ0v) is 12.7. The molecule has 0 saturated heterocycles. The molecule has 0 spiro atoms. The van der Waals surface area contributed by atoms with Gasteiger partial charge in [-0.1, -0.05) is 30.7 Å². The first kappa shape index (κ1) is 15.8. The molecular formula is C13H18Cl2O2S. The highest BCUT2D eigenvalue weighted by molar-refractivity contribution is 7.91. The minimum atomic E-state index is -2.88. The summed E-state index contributed by atoms with van der Waals surface area (Å²) in [4.78, 5) is 0. The van der Waals surface area contributed by atoms with Gasteiger partial charge in [0.25, 0.3) is 0 Å². The maximum absolute atomic E-state index is 11.4. The van der Waals surface area contributed by atoms with Crippen LogP contribution in [0.2, 0.25) is 5.02 Å². The Balaban J connectivity index is 2.58. The highest BCUT2D eigenvalue weighted by Gasteiger charge is 2.13. The van der Waals surface area contributed by atoms with E-state index in [-0.39, 0.29) is 17.4 Å². The van der Waals surface area contributed by atoms with Gasteiger partial charge in [-0.2, -0.15) is 0 Å². The van der Waals surface area contributed by atoms with Crippen LogP contribution in [0.3, 0.4) is 0 Å². The molecule has 1 rings (SSSR count). The Hall–Kier alpha value is -0.250. The van der Waals surface area contributed by atoms with E-state index in [4.69, 9.17) is 23.2 Å². The second-order valence-electron chi connectivity index (χ2n) is 4.28. The van der Waals surface area contributed by atoms with E-state index < -0.39 is 9.84 Å². The first-order valence-electron chi connectivity index (χ1n) is 6.00. The van der Waals surface area contributed by atoms with Crippen LogP contribution in [-0.2, 0) is 9.84 Å². The van der Waals surface area contributed by atoms with Gasteiger partial charge in [0.05, 0.1) is 5.75 Å². The summed E-state index contributed by atoms with van der Waals surface area (Å²) >= 11 is 11.9. The minimum Gasteiger partial charge on any atom is -0.229 e. The van der Waals surface area contributed by atoms with Crippen molar-refractivity contribution in [3.8, 4) is 0 Å². The average molecular weight is 309 g/mol. The van der Waals surface area contributed by atoms with Crippen molar-refractivity contribution in [2.75, 3.05) is 17.4 Å². The molecule has 1 unspecified atom stereocenters. The number of halogens is 2. The van der Waals surface area contributed by atoms with Crippen molar-refractivity contribution in [2.45, 2.75) is 25.7 Å². The van der Waals surface area contributed by atoms with Gasteiger partial charge in [-0.25, -0.2) is 8.42 Å². The average Bonchev–Trinajstić information content (AvgIpc) is 2.34. The number of hydrogen-bond acceptors (Lipinski definition) is 2. The molecule has 5 heteroatoms. The molecule has 0 amide bonds. The summed E-state index contributed by atoms with van der Waals surface area (Å²) < 4.78 is 22.8. The molecule has 1 aromatic carbocycles. The van der Waals surface area contributed by atoms with E-state index in [1.54, 1.807) is 6.92 Å². The van der Waals surface area contributed by atoms with Crippen molar-refractivity contribution in [3.63, 3.8) is 0 Å². The lowest BCUT2D eigenvalue weighted by atomic mass is 9.96. The van der Waals surface area contributed by atoms with Crippen LogP contribution < -0.4 is 0 Å². The Bertz CT molecular complexity index is 472. The van der Waals surface area contributed by atoms with E-state index in [1.165, 1.54) is 0 Å². The van der Waals surface area contributed by atoms with Gasteiger partial charge < -0.3 is 0 Å². The zero-order chi connectivity index (χ0) is 13.6. The second-order valence-corrected chi connectivity index (χ2v) is 7.50. The van der Waals surface area contributed by atoms with Crippen LogP contribution in [0.15, 0.2) is 24.3 Å². The van der Waals surface area contributed by atoms with Crippen molar-refractivity contribution in [1.82, 2.24) is 0 Å². The third-order valence-electron chi connectivity index (χ3n) is 2.95. The Morgan fingerprint density at radius 1 is 1.33 bits per heavy atom. The summed E-state index contributed by atoms with van der Waals surface area (Å²) in [6.07, 6.45) is 1.41. The van der Waals surface area contributed by atoms with Gasteiger partial charge in [0.2, 0.25) is 0 Å². The van der Waals surface area contributed by atoms with Gasteiger partial charge in [0.1, 0.15) is 9.84 Å². The highest BCUT2D eigenvalue weighted by atomic mass is 35.5. The van der Waals surface area contributed by atoms with E-state index >= 15 is 0 Å². The van der Waals surface area contributed by atoms with Crippen LogP contribution in [0.1, 0.15) is 31.2 Å². The number of hydrogen-bond donors (Lipinski definition) is 0. The lowest BCUT2D eigenvalue weighted by molar-refractivity contribution is 0.587. The Labute approximate surface area is 119 Å². The summed E-state index contributed by atoms with van der Waals surface area (Å²) in [5, 5.41) is 0.684. The van der Waals surface area contributed by atoms with Gasteiger partial charge in [-0.15, -0.1) is 11.6 Å². The fraction of sp³-hybridized carbons (Fsp3) is 0.538. The molecule has 0 aliphatic rings. The third kappa shape index (κ3) is 5.17. The van der Waals surface area contributed by atoms with Crippen molar-refractivity contribution >= 4 is 33.0 Å². The van der Waals surface area contributed by atoms with Gasteiger partial charge >= 0.3 is 0 Å². The Morgan fingerprint density at radius 3 is 2.61 bits per heavy atom. The number of alkyl halides is 1. The summed E-state index contributed by atoms with van der Waals surface area (Å²) in [5.41, 5.74) is 1.08. The molecule has 18 heavy (non-hydrogen) atoms. The van der Waals surface area contributed by atoms with Crippen molar-refractivity contribution in [3.05, 3.63) is 34.9 Å². The number of sulfone groups is 1. The van der Waals surface area contributed by atoms with Crippen LogP contribution in [0.5, 0.6) is 0 Å². The van der Waals surface area contributed by atoms with Gasteiger partial charge in [-0.3, -0.25) is 0 Å². The lowest BCUT2D eigenvalue weighted by Crippen LogP contribution is -2.10. The van der Waals surface area contributed by atoms with E-state index in [9.17, 15) is 8.42 Å². The molecule has 1 atom stereocenters. The number of benzene rings is 1. The molecule has 2 nitrogen and oxygen atoms in total. The van der Waals surface area contributed by atoms with Gasteiger partial charge in [-0.05, 0) is 36.5 Å². The topological polar surface area (TPSA) is 34.1 Å². The molecule has 0 bridgehead atoms. The normalized spacial score (nSPS) is 13.5. The number of rotatable bonds is 7. The highest BCUT2D eigenvalue weighted by Crippen LogP contribution is 2.25. The molecule has 0 radical (unpaired) electrons. The van der Waals surface area contributed by atoms with Crippen molar-refractivity contribution in [1.29, 1.82) is 0 Å². The van der Waals surface area contributed by atoms with E-state index in [0.29, 0.717) is 17.3 Å². The van der Waals surface area contributed by atoms with Gasteiger partial charge in [0.15, 0.2) is 0 Å². The third-order valence-corrected chi connectivity index (χ3v) is 5.35. The minimum absolute atomic E-state index is 0.164. The monoisotopic (exact) mass is 308 g/mol. The quantitative estimate of drug-likeness (QED) is 0.716. The summed E-state index contributed by atoms with van der Waals surface area (Å²) in [6.45, 7) is 1.67. The summed E-state index contributed by atoms with van der Waals surface area (Å²) in [6, 6.07) is 7.58. The predicted molar refractivity (Wildman–Crippen MR) is 78.5 cm³/mol. The van der Waals surface area contributed by atoms with E-state index in [0.717, 1.165) is 12.0 Å². The first-order chi connectivity index (χ1) is 8.48. The molecular weight excluding hydrogens is 291 g/mol. The fourth-order valence-electron chi connectivity index (χ4n) is 1.79. The maximum Gasteiger partial charge on any atom is 0.150 e. The van der Waals surface area contributed by atoms with Crippen LogP contribution in [-0.4, -0.2) is 25.8 Å². The van der Waals surface area contributed by atoms with Crippen LogP contribution >= 0.6 is 23.2 Å². The zero-order valence-electron chi connectivity index (χ0n) is 10.4. The first-order valence-corrected chi connectivity index (χ1v) is 8.73. The van der Waals surface area contributed by atoms with Crippen molar-refractivity contribution < 1.29 is 8.42 Å². The Morgan fingerprint density at radius 2 is 2.06 bits per heavy atom. The molecule has 0 N–H and O–H groups in total. The standard InChI is InChI=1S/C13H18Cl2O2S/c1-2-18(16,17)8-4-6-12(10-14)11-5-3-7-13(15)9-11/h3,5,7,9,12H,2,4,6,8,10H2,1H3. The predicted octanol–water partition coefficient (Wildman–Crippen LogP) is 3.88. The maximum atomic E-state index is 11.4. The van der Waals surface area contributed by atoms with Crippen LogP contribution in [0, 0.1) is 0 Å². The largest absolute Gasteiger partial charge is 0.229 e. The van der Waals surface area contributed by atoms with Crippen LogP contribution in [0.4, 0.5) is 0 Å². The molecule has 1 aromatic rings. The molecule has 0 heterocycles. The van der Waals surface area contributed by atoms with Crippen molar-refractivity contribution in [2.24, 2.45) is 0 Å². The van der Waals surface area contributed by atoms with Gasteiger partial charge in [0, 0.05) is 16.7 Å². The molecule has 0 saturated carbocycles. The van der Waals surface area contributed by atoms with Crippen LogP contribution in [0.25, 0.3) is 0 Å². The molecule has 0 aliphatic heterocycles. The SMILES string of the molecule is CCS(=O)(=O)CCCC(CCl)c1cccc(Cl)c1. The molecule has 0 aromatic heterocycles. The Kier molecular flexibility index (Phi) is 6.47. The fourth-order valence-corrected chi connectivity index (χ4v) is 3.21. The lowest BCUT2D eigenvalue weighted by Gasteiger charge is -2.14. The smallest absolute Gasteiger partial charge is 0.150 e. The van der Waals surface area contributed by atoms with E-state index in [1.807, 2.05) is 24.3 Å². The second kappa shape index (κ2) is 7.37.